The van der Waals surface area contributed by atoms with Crippen LogP contribution in [-0.2, 0) is 12.0 Å². The predicted octanol–water partition coefficient (Wildman–Crippen LogP) is 3.26. The van der Waals surface area contributed by atoms with Gasteiger partial charge in [0.1, 0.15) is 0 Å². The summed E-state index contributed by atoms with van der Waals surface area (Å²) in [6, 6.07) is 9.95. The molecule has 0 saturated carbocycles. The van der Waals surface area contributed by atoms with Crippen LogP contribution in [-0.4, -0.2) is 21.9 Å². The largest absolute Gasteiger partial charge is 0.352 e. The smallest absolute Gasteiger partial charge is 0.285 e. The lowest BCUT2D eigenvalue weighted by atomic mass is 9.87. The lowest BCUT2D eigenvalue weighted by molar-refractivity contribution is -0.385. The predicted molar refractivity (Wildman–Crippen MR) is 104 cm³/mol. The molecule has 2 rings (SSSR count). The number of aromatic nitrogens is 1. The van der Waals surface area contributed by atoms with Crippen LogP contribution in [0.25, 0.3) is 0 Å². The van der Waals surface area contributed by atoms with E-state index in [1.165, 1.54) is 28.5 Å². The van der Waals surface area contributed by atoms with Crippen molar-refractivity contribution in [2.45, 2.75) is 45.6 Å². The van der Waals surface area contributed by atoms with Gasteiger partial charge >= 0.3 is 0 Å². The molecule has 2 aromatic rings. The Hall–Kier alpha value is -2.96. The van der Waals surface area contributed by atoms with Crippen molar-refractivity contribution in [2.24, 2.45) is 0 Å². The van der Waals surface area contributed by atoms with Crippen LogP contribution in [0, 0.1) is 10.1 Å². The van der Waals surface area contributed by atoms with E-state index in [9.17, 15) is 19.7 Å². The van der Waals surface area contributed by atoms with Crippen molar-refractivity contribution in [3.8, 4) is 0 Å². The normalized spacial score (nSPS) is 11.2. The van der Waals surface area contributed by atoms with Crippen LogP contribution in [0.5, 0.6) is 0 Å². The van der Waals surface area contributed by atoms with Crippen molar-refractivity contribution >= 4 is 11.6 Å². The number of carbonyl (C=O) groups is 1. The molecule has 0 aliphatic rings. The number of nitro groups is 1. The Morgan fingerprint density at radius 1 is 1.11 bits per heavy atom. The van der Waals surface area contributed by atoms with Gasteiger partial charge in [-0.2, -0.15) is 0 Å². The van der Waals surface area contributed by atoms with E-state index in [0.717, 1.165) is 0 Å². The van der Waals surface area contributed by atoms with Crippen LogP contribution in [0.1, 0.15) is 49.5 Å². The van der Waals surface area contributed by atoms with Crippen molar-refractivity contribution in [2.75, 3.05) is 6.54 Å². The first-order chi connectivity index (χ1) is 12.7. The average Bonchev–Trinajstić information content (AvgIpc) is 2.61. The summed E-state index contributed by atoms with van der Waals surface area (Å²) in [5.74, 6) is -0.136. The number of amides is 1. The number of nitrogens with zero attached hydrogens (tertiary/aromatic N) is 2. The molecule has 1 aromatic heterocycles. The molecule has 0 spiro atoms. The van der Waals surface area contributed by atoms with Gasteiger partial charge in [0.2, 0.25) is 0 Å². The van der Waals surface area contributed by atoms with Gasteiger partial charge in [-0.3, -0.25) is 19.7 Å². The number of benzene rings is 1. The number of nitrogens with one attached hydrogen (secondary N) is 1. The third kappa shape index (κ3) is 5.77. The van der Waals surface area contributed by atoms with E-state index in [1.807, 2.05) is 24.3 Å². The zero-order chi connectivity index (χ0) is 20.0. The molecule has 0 unspecified atom stereocenters. The molecule has 0 aliphatic carbocycles. The van der Waals surface area contributed by atoms with E-state index >= 15 is 0 Å². The van der Waals surface area contributed by atoms with Crippen molar-refractivity contribution in [1.29, 1.82) is 0 Å². The fourth-order valence-electron chi connectivity index (χ4n) is 2.63. The molecule has 1 heterocycles. The molecule has 27 heavy (non-hydrogen) atoms. The fraction of sp³-hybridized carbons (Fsp3) is 0.400. The first-order valence-electron chi connectivity index (χ1n) is 8.92. The maximum absolute atomic E-state index is 12.2. The van der Waals surface area contributed by atoms with Gasteiger partial charge in [0.15, 0.2) is 0 Å². The summed E-state index contributed by atoms with van der Waals surface area (Å²) >= 11 is 0. The Balaban J connectivity index is 1.80. The van der Waals surface area contributed by atoms with Gasteiger partial charge in [0.25, 0.3) is 17.2 Å². The van der Waals surface area contributed by atoms with E-state index in [-0.39, 0.29) is 22.6 Å². The highest BCUT2D eigenvalue weighted by atomic mass is 16.6. The third-order valence-electron chi connectivity index (χ3n) is 4.30. The highest BCUT2D eigenvalue weighted by Crippen LogP contribution is 2.22. The molecule has 7 heteroatoms. The molecular weight excluding hydrogens is 346 g/mol. The molecule has 0 radical (unpaired) electrons. The first-order valence-corrected chi connectivity index (χ1v) is 8.92. The zero-order valence-corrected chi connectivity index (χ0v) is 15.9. The Bertz CT molecular complexity index is 864. The molecule has 0 bridgehead atoms. The minimum absolute atomic E-state index is 0.0413. The summed E-state index contributed by atoms with van der Waals surface area (Å²) in [5.41, 5.74) is 1.43. The second-order valence-electron chi connectivity index (χ2n) is 7.47. The van der Waals surface area contributed by atoms with Crippen LogP contribution in [0.2, 0.25) is 0 Å². The minimum Gasteiger partial charge on any atom is -0.352 e. The maximum Gasteiger partial charge on any atom is 0.285 e. The number of hydrogen-bond acceptors (Lipinski definition) is 4. The highest BCUT2D eigenvalue weighted by molar-refractivity contribution is 5.94. The summed E-state index contributed by atoms with van der Waals surface area (Å²) in [5, 5.41) is 13.6. The summed E-state index contributed by atoms with van der Waals surface area (Å²) in [4.78, 5) is 34.1. The van der Waals surface area contributed by atoms with Crippen molar-refractivity contribution in [1.82, 2.24) is 9.88 Å². The lowest BCUT2D eigenvalue weighted by Crippen LogP contribution is -2.25. The molecule has 0 fully saturated rings. The summed E-state index contributed by atoms with van der Waals surface area (Å²) in [6.07, 6.45) is 2.54. The van der Waals surface area contributed by atoms with Crippen LogP contribution < -0.4 is 10.9 Å². The Morgan fingerprint density at radius 2 is 1.78 bits per heavy atom. The summed E-state index contributed by atoms with van der Waals surface area (Å²) < 4.78 is 1.32. The number of carbonyl (C=O) groups excluding carboxylic acids is 1. The molecule has 1 N–H and O–H groups in total. The summed E-state index contributed by atoms with van der Waals surface area (Å²) in [6.45, 7) is 7.21. The quantitative estimate of drug-likeness (QED) is 0.459. The van der Waals surface area contributed by atoms with Crippen LogP contribution in [0.4, 0.5) is 5.69 Å². The van der Waals surface area contributed by atoms with Gasteiger partial charge in [0, 0.05) is 30.8 Å². The van der Waals surface area contributed by atoms with E-state index in [4.69, 9.17) is 0 Å². The molecule has 1 aromatic carbocycles. The van der Waals surface area contributed by atoms with Gasteiger partial charge in [-0.05, 0) is 36.0 Å². The Kier molecular flexibility index (Phi) is 6.50. The van der Waals surface area contributed by atoms with Gasteiger partial charge < -0.3 is 9.88 Å². The monoisotopic (exact) mass is 371 g/mol. The molecule has 7 nitrogen and oxygen atoms in total. The van der Waals surface area contributed by atoms with Crippen molar-refractivity contribution in [3.63, 3.8) is 0 Å². The highest BCUT2D eigenvalue weighted by Gasteiger charge is 2.14. The molecule has 0 saturated heterocycles. The molecular formula is C20H25N3O4. The van der Waals surface area contributed by atoms with Crippen LogP contribution in [0.15, 0.2) is 47.4 Å². The summed E-state index contributed by atoms with van der Waals surface area (Å²) in [7, 11) is 0. The van der Waals surface area contributed by atoms with Gasteiger partial charge in [0.05, 0.1) is 11.1 Å². The van der Waals surface area contributed by atoms with E-state index < -0.39 is 4.92 Å². The van der Waals surface area contributed by atoms with Crippen LogP contribution >= 0.6 is 0 Å². The van der Waals surface area contributed by atoms with Crippen molar-refractivity contribution in [3.05, 3.63) is 74.2 Å². The molecule has 144 valence electrons. The first kappa shape index (κ1) is 20.4. The number of aryl methyl sites for hydroxylation is 1. The minimum atomic E-state index is -0.527. The second kappa shape index (κ2) is 8.62. The van der Waals surface area contributed by atoms with Crippen molar-refractivity contribution < 1.29 is 9.72 Å². The Labute approximate surface area is 158 Å². The topological polar surface area (TPSA) is 94.2 Å². The van der Waals surface area contributed by atoms with Gasteiger partial charge in [-0.15, -0.1) is 0 Å². The maximum atomic E-state index is 12.2. The van der Waals surface area contributed by atoms with Gasteiger partial charge in [-0.1, -0.05) is 32.9 Å². The SMILES string of the molecule is CC(C)(C)c1ccc(C(=O)NCCCCn2cc([N+](=O)[O-])ccc2=O)cc1. The molecule has 1 amide bonds. The number of unbranched alkanes of at least 4 members (excludes halogenated alkanes) is 1. The number of pyridine rings is 1. The average molecular weight is 371 g/mol. The van der Waals surface area contributed by atoms with E-state index in [2.05, 4.69) is 26.1 Å². The third-order valence-corrected chi connectivity index (χ3v) is 4.30. The second-order valence-corrected chi connectivity index (χ2v) is 7.47. The molecule has 0 aliphatic heterocycles. The van der Waals surface area contributed by atoms with Gasteiger partial charge in [-0.25, -0.2) is 0 Å². The van der Waals surface area contributed by atoms with Crippen LogP contribution in [0.3, 0.4) is 0 Å². The molecule has 0 atom stereocenters. The Morgan fingerprint density at radius 3 is 2.37 bits per heavy atom. The lowest BCUT2D eigenvalue weighted by Gasteiger charge is -2.19. The number of hydrogen-bond donors (Lipinski definition) is 1. The van der Waals surface area contributed by atoms with E-state index in [1.54, 1.807) is 0 Å². The standard InChI is InChI=1S/C20H25N3O4/c1-20(2,3)16-8-6-15(7-9-16)19(25)21-12-4-5-13-22-14-17(23(26)27)10-11-18(22)24/h6-11,14H,4-5,12-13H2,1-3H3,(H,21,25). The number of rotatable bonds is 7. The fourth-order valence-corrected chi connectivity index (χ4v) is 2.63. The van der Waals surface area contributed by atoms with E-state index in [0.29, 0.717) is 31.5 Å². The zero-order valence-electron chi connectivity index (χ0n) is 15.9.